The number of aliphatic hydroxyl groups excluding tert-OH is 4. The molecule has 3 rings (SSSR count). The van der Waals surface area contributed by atoms with Crippen LogP contribution in [0.1, 0.15) is 6.23 Å². The first kappa shape index (κ1) is 18.8. The number of aliphatic hydroxyl groups is 4. The van der Waals surface area contributed by atoms with Crippen LogP contribution in [0.5, 0.6) is 0 Å². The van der Waals surface area contributed by atoms with E-state index in [4.69, 9.17) is 9.88 Å². The Kier molecular flexibility index (Phi) is 5.07. The molecule has 26 heavy (non-hydrogen) atoms. The first-order valence-corrected chi connectivity index (χ1v) is 9.12. The van der Waals surface area contributed by atoms with Crippen LogP contribution in [0.4, 0.5) is 0 Å². The molecule has 11 nitrogen and oxygen atoms in total. The number of benzene rings is 1. The van der Waals surface area contributed by atoms with Crippen LogP contribution in [-0.2, 0) is 14.8 Å². The van der Waals surface area contributed by atoms with Gasteiger partial charge in [0.2, 0.25) is 10.0 Å². The van der Waals surface area contributed by atoms with Crippen molar-refractivity contribution >= 4 is 10.0 Å². The van der Waals surface area contributed by atoms with Crippen molar-refractivity contribution in [2.75, 3.05) is 6.61 Å². The van der Waals surface area contributed by atoms with E-state index in [1.54, 1.807) is 0 Å². The van der Waals surface area contributed by atoms with Crippen molar-refractivity contribution in [1.82, 2.24) is 15.0 Å². The monoisotopic (exact) mass is 386 g/mol. The molecule has 142 valence electrons. The molecule has 6 N–H and O–H groups in total. The van der Waals surface area contributed by atoms with Crippen LogP contribution in [0.2, 0.25) is 0 Å². The van der Waals surface area contributed by atoms with Crippen molar-refractivity contribution in [2.45, 2.75) is 35.5 Å². The van der Waals surface area contributed by atoms with E-state index in [0.29, 0.717) is 11.3 Å². The van der Waals surface area contributed by atoms with Crippen molar-refractivity contribution in [3.05, 3.63) is 30.5 Å². The van der Waals surface area contributed by atoms with E-state index in [9.17, 15) is 28.8 Å². The van der Waals surface area contributed by atoms with Gasteiger partial charge in [0, 0.05) is 5.56 Å². The van der Waals surface area contributed by atoms with E-state index in [1.807, 2.05) is 0 Å². The minimum absolute atomic E-state index is 0.0758. The number of nitrogens with zero attached hydrogens (tertiary/aromatic N) is 3. The molecule has 2 aromatic rings. The molecule has 0 amide bonds. The van der Waals surface area contributed by atoms with Crippen LogP contribution in [0, 0.1) is 0 Å². The lowest BCUT2D eigenvalue weighted by Gasteiger charge is -2.40. The summed E-state index contributed by atoms with van der Waals surface area (Å²) in [6.45, 7) is -0.575. The van der Waals surface area contributed by atoms with Crippen LogP contribution in [-0.4, -0.2) is 74.9 Å². The lowest BCUT2D eigenvalue weighted by molar-refractivity contribution is -0.253. The fourth-order valence-electron chi connectivity index (χ4n) is 2.74. The van der Waals surface area contributed by atoms with Crippen molar-refractivity contribution < 1.29 is 33.6 Å². The fraction of sp³-hybridized carbons (Fsp3) is 0.429. The highest BCUT2D eigenvalue weighted by molar-refractivity contribution is 7.89. The largest absolute Gasteiger partial charge is 0.394 e. The van der Waals surface area contributed by atoms with E-state index in [0.717, 1.165) is 0 Å². The number of rotatable bonds is 4. The zero-order valence-corrected chi connectivity index (χ0v) is 14.1. The molecule has 0 unspecified atom stereocenters. The lowest BCUT2D eigenvalue weighted by atomic mass is 9.98. The first-order valence-electron chi connectivity index (χ1n) is 7.58. The second-order valence-electron chi connectivity index (χ2n) is 5.85. The normalized spacial score (nSPS) is 29.7. The molecule has 0 bridgehead atoms. The van der Waals surface area contributed by atoms with Crippen molar-refractivity contribution in [3.8, 4) is 11.3 Å². The maximum Gasteiger partial charge on any atom is 0.238 e. The van der Waals surface area contributed by atoms with Gasteiger partial charge in [-0.3, -0.25) is 0 Å². The maximum absolute atomic E-state index is 11.3. The van der Waals surface area contributed by atoms with E-state index in [1.165, 1.54) is 35.1 Å². The van der Waals surface area contributed by atoms with Crippen LogP contribution in [0.25, 0.3) is 11.3 Å². The molecule has 0 radical (unpaired) electrons. The van der Waals surface area contributed by atoms with Gasteiger partial charge in [-0.05, 0) is 12.1 Å². The molecule has 0 saturated carbocycles. The average molecular weight is 386 g/mol. The highest BCUT2D eigenvalue weighted by atomic mass is 32.2. The van der Waals surface area contributed by atoms with E-state index in [2.05, 4.69) is 10.3 Å². The third kappa shape index (κ3) is 3.35. The minimum Gasteiger partial charge on any atom is -0.394 e. The highest BCUT2D eigenvalue weighted by Gasteiger charge is 2.45. The van der Waals surface area contributed by atoms with Crippen LogP contribution >= 0.6 is 0 Å². The van der Waals surface area contributed by atoms with E-state index in [-0.39, 0.29) is 4.90 Å². The van der Waals surface area contributed by atoms with Gasteiger partial charge in [-0.2, -0.15) is 0 Å². The van der Waals surface area contributed by atoms with Gasteiger partial charge in [-0.25, -0.2) is 18.2 Å². The Hall–Kier alpha value is -1.93. The fourth-order valence-corrected chi connectivity index (χ4v) is 3.25. The van der Waals surface area contributed by atoms with Gasteiger partial charge in [0.15, 0.2) is 6.23 Å². The number of hydrogen-bond acceptors (Lipinski definition) is 9. The molecule has 1 aromatic carbocycles. The molecular formula is C14H18N4O7S. The molecule has 1 aliphatic rings. The Balaban J connectivity index is 1.95. The Bertz CT molecular complexity index is 868. The summed E-state index contributed by atoms with van der Waals surface area (Å²) in [5.74, 6) is 0. The molecule has 1 fully saturated rings. The Morgan fingerprint density at radius 1 is 1.12 bits per heavy atom. The topological polar surface area (TPSA) is 181 Å². The number of primary sulfonamides is 1. The Morgan fingerprint density at radius 2 is 1.77 bits per heavy atom. The van der Waals surface area contributed by atoms with Crippen molar-refractivity contribution in [1.29, 1.82) is 0 Å². The molecule has 1 saturated heterocycles. The van der Waals surface area contributed by atoms with Gasteiger partial charge in [0.1, 0.15) is 24.4 Å². The van der Waals surface area contributed by atoms with E-state index >= 15 is 0 Å². The quantitative estimate of drug-likeness (QED) is 0.381. The summed E-state index contributed by atoms with van der Waals surface area (Å²) >= 11 is 0. The van der Waals surface area contributed by atoms with Gasteiger partial charge in [0.05, 0.1) is 23.4 Å². The molecule has 2 heterocycles. The van der Waals surface area contributed by atoms with Gasteiger partial charge in [-0.15, -0.1) is 5.10 Å². The molecule has 12 heteroatoms. The minimum atomic E-state index is -3.84. The Morgan fingerprint density at radius 3 is 2.35 bits per heavy atom. The number of hydrogen-bond donors (Lipinski definition) is 5. The zero-order valence-electron chi connectivity index (χ0n) is 13.3. The second-order valence-corrected chi connectivity index (χ2v) is 7.41. The van der Waals surface area contributed by atoms with Crippen LogP contribution < -0.4 is 5.14 Å². The standard InChI is InChI=1S/C14H18N4O7S/c15-26(23,24)8-3-1-7(2-4-8)9-5-16-17-18(9)14-13(22)12(21)11(20)10(6-19)25-14/h1-5,10-14,19-22H,6H2,(H2,15,23,24)/t10-,11-,12+,13-,14-/m1/s1. The lowest BCUT2D eigenvalue weighted by Crippen LogP contribution is -2.56. The number of nitrogens with two attached hydrogens (primary N) is 1. The van der Waals surface area contributed by atoms with Crippen molar-refractivity contribution in [3.63, 3.8) is 0 Å². The van der Waals surface area contributed by atoms with Gasteiger partial charge in [-0.1, -0.05) is 17.3 Å². The van der Waals surface area contributed by atoms with E-state index < -0.39 is 47.3 Å². The third-order valence-corrected chi connectivity index (χ3v) is 5.09. The molecular weight excluding hydrogens is 368 g/mol. The van der Waals surface area contributed by atoms with Gasteiger partial charge < -0.3 is 25.2 Å². The average Bonchev–Trinajstić information content (AvgIpc) is 3.09. The van der Waals surface area contributed by atoms with Gasteiger partial charge >= 0.3 is 0 Å². The predicted molar refractivity (Wildman–Crippen MR) is 85.8 cm³/mol. The molecule has 1 aliphatic heterocycles. The van der Waals surface area contributed by atoms with Crippen LogP contribution in [0.3, 0.4) is 0 Å². The first-order chi connectivity index (χ1) is 12.2. The number of sulfonamides is 1. The maximum atomic E-state index is 11.3. The summed E-state index contributed by atoms with van der Waals surface area (Å²) in [5.41, 5.74) is 0.856. The molecule has 0 aliphatic carbocycles. The summed E-state index contributed by atoms with van der Waals surface area (Å²) in [5, 5.41) is 51.9. The SMILES string of the molecule is NS(=O)(=O)c1ccc(-c2cnnn2[C@@H]2O[C@H](CO)[C@@H](O)[C@H](O)[C@H]2O)cc1. The summed E-state index contributed by atoms with van der Waals surface area (Å²) in [4.78, 5) is -0.0758. The Labute approximate surface area is 148 Å². The predicted octanol–water partition coefficient (Wildman–Crippen LogP) is -2.44. The van der Waals surface area contributed by atoms with Gasteiger partial charge in [0.25, 0.3) is 0 Å². The van der Waals surface area contributed by atoms with Crippen molar-refractivity contribution in [2.24, 2.45) is 5.14 Å². The summed E-state index contributed by atoms with van der Waals surface area (Å²) in [6, 6.07) is 5.54. The summed E-state index contributed by atoms with van der Waals surface area (Å²) in [6.07, 6.45) is -5.55. The second kappa shape index (κ2) is 7.00. The molecule has 5 atom stereocenters. The number of ether oxygens (including phenoxy) is 1. The third-order valence-electron chi connectivity index (χ3n) is 4.16. The summed E-state index contributed by atoms with van der Waals surface area (Å²) in [7, 11) is -3.84. The molecule has 1 aromatic heterocycles. The molecule has 0 spiro atoms. The van der Waals surface area contributed by atoms with Crippen LogP contribution in [0.15, 0.2) is 35.4 Å². The smallest absolute Gasteiger partial charge is 0.238 e. The summed E-state index contributed by atoms with van der Waals surface area (Å²) < 4.78 is 29.3. The highest BCUT2D eigenvalue weighted by Crippen LogP contribution is 2.31. The number of aromatic nitrogens is 3. The zero-order chi connectivity index (χ0) is 19.1.